The molecule has 0 spiro atoms. The fourth-order valence-corrected chi connectivity index (χ4v) is 3.43. The Kier molecular flexibility index (Phi) is 3.62. The summed E-state index contributed by atoms with van der Waals surface area (Å²) in [4.78, 5) is 17.1. The first kappa shape index (κ1) is 16.0. The SMILES string of the molecule is [2H]c1c2[nH]c(c1=C(C)O)=CC1=NC(=CC3=NC(=CC4=NC(=C2)C=C4)C=C3)C(C=C)=C1. The Hall–Kier alpha value is -3.99. The highest BCUT2D eigenvalue weighted by atomic mass is 16.3. The molecule has 2 N–H and O–H groups in total. The van der Waals surface area contributed by atoms with Crippen molar-refractivity contribution in [2.24, 2.45) is 15.0 Å². The van der Waals surface area contributed by atoms with Crippen molar-refractivity contribution < 1.29 is 6.48 Å². The van der Waals surface area contributed by atoms with Crippen LogP contribution in [0.25, 0.3) is 17.9 Å². The standard InChI is InChI=1S/C24H18N4O/c1-3-15-8-20-13-24-22(14(2)29)11-21(28-24)10-18-5-4-16(25-18)9-17-6-7-19(26-17)12-23(15)27-20/h3-13,28-29H,1H2,2H3/i11D. The van der Waals surface area contributed by atoms with Crippen LogP contribution in [0.4, 0.5) is 0 Å². The van der Waals surface area contributed by atoms with E-state index >= 15 is 0 Å². The van der Waals surface area contributed by atoms with Crippen molar-refractivity contribution in [3.05, 3.63) is 100 Å². The van der Waals surface area contributed by atoms with Crippen molar-refractivity contribution in [3.63, 3.8) is 0 Å². The van der Waals surface area contributed by atoms with Crippen molar-refractivity contribution >= 4 is 35.0 Å². The number of rotatable bonds is 1. The summed E-state index contributed by atoms with van der Waals surface area (Å²) in [6.45, 7) is 5.46. The molecule has 5 rings (SSSR count). The normalized spacial score (nSPS) is 20.6. The Morgan fingerprint density at radius 1 is 0.966 bits per heavy atom. The summed E-state index contributed by atoms with van der Waals surface area (Å²) < 4.78 is 8.52. The Morgan fingerprint density at radius 2 is 1.69 bits per heavy atom. The predicted octanol–water partition coefficient (Wildman–Crippen LogP) is 3.19. The number of fused-ring (bicyclic) bond motifs is 5. The second-order valence-corrected chi connectivity index (χ2v) is 6.93. The Balaban J connectivity index is 1.81. The number of aliphatic hydroxyl groups excluding tert-OH is 1. The summed E-state index contributed by atoms with van der Waals surface area (Å²) in [7, 11) is 0. The first-order valence-electron chi connectivity index (χ1n) is 9.72. The molecule has 1 aromatic heterocycles. The van der Waals surface area contributed by atoms with Gasteiger partial charge in [0.1, 0.15) is 0 Å². The highest BCUT2D eigenvalue weighted by Gasteiger charge is 2.14. The van der Waals surface area contributed by atoms with E-state index in [2.05, 4.69) is 21.5 Å². The lowest BCUT2D eigenvalue weighted by molar-refractivity contribution is 0.498. The summed E-state index contributed by atoms with van der Waals surface area (Å²) in [5.41, 5.74) is 6.03. The van der Waals surface area contributed by atoms with Gasteiger partial charge in [-0.2, -0.15) is 0 Å². The van der Waals surface area contributed by atoms with Crippen molar-refractivity contribution in [2.45, 2.75) is 6.92 Å². The Bertz CT molecular complexity index is 1410. The second-order valence-electron chi connectivity index (χ2n) is 6.93. The molecule has 0 atom stereocenters. The largest absolute Gasteiger partial charge is 0.512 e. The number of hydrogen-bond donors (Lipinski definition) is 2. The van der Waals surface area contributed by atoms with E-state index in [1.807, 2.05) is 48.6 Å². The zero-order valence-corrected chi connectivity index (χ0v) is 15.8. The number of nitrogens with one attached hydrogen (secondary N) is 1. The summed E-state index contributed by atoms with van der Waals surface area (Å²) in [5.74, 6) is 0.0695. The maximum Gasteiger partial charge on any atom is 0.0985 e. The molecular formula is C24H18N4O. The minimum Gasteiger partial charge on any atom is -0.512 e. The molecule has 8 bridgehead atoms. The highest BCUT2D eigenvalue weighted by molar-refractivity contribution is 6.21. The molecule has 0 amide bonds. The molecule has 0 fully saturated rings. The van der Waals surface area contributed by atoms with Gasteiger partial charge in [0, 0.05) is 16.5 Å². The first-order valence-corrected chi connectivity index (χ1v) is 9.22. The Labute approximate surface area is 169 Å². The summed E-state index contributed by atoms with van der Waals surface area (Å²) in [6, 6.07) is 0.211. The molecule has 5 nitrogen and oxygen atoms in total. The van der Waals surface area contributed by atoms with E-state index in [0.717, 1.165) is 34.1 Å². The molecule has 5 heterocycles. The number of allylic oxidation sites excluding steroid dienone is 8. The molecule has 0 unspecified atom stereocenters. The maximum atomic E-state index is 10.2. The van der Waals surface area contributed by atoms with Crippen molar-refractivity contribution in [2.75, 3.05) is 0 Å². The molecule has 0 radical (unpaired) electrons. The number of aromatic amines is 1. The average Bonchev–Trinajstić information content (AvgIpc) is 3.46. The van der Waals surface area contributed by atoms with Crippen LogP contribution < -0.4 is 10.6 Å². The van der Waals surface area contributed by atoms with Crippen LogP contribution in [0, 0.1) is 0 Å². The van der Waals surface area contributed by atoms with E-state index in [4.69, 9.17) is 6.36 Å². The first-order chi connectivity index (χ1) is 14.5. The zero-order chi connectivity index (χ0) is 20.8. The molecule has 0 saturated carbocycles. The van der Waals surface area contributed by atoms with Gasteiger partial charge in [0.05, 0.1) is 46.7 Å². The highest BCUT2D eigenvalue weighted by Crippen LogP contribution is 2.23. The van der Waals surface area contributed by atoms with E-state index in [9.17, 15) is 5.11 Å². The third kappa shape index (κ3) is 3.23. The lowest BCUT2D eigenvalue weighted by atomic mass is 10.1. The van der Waals surface area contributed by atoms with Crippen molar-refractivity contribution in [3.8, 4) is 0 Å². The quantitative estimate of drug-likeness (QED) is 0.773. The van der Waals surface area contributed by atoms with Gasteiger partial charge in [-0.25, -0.2) is 15.0 Å². The number of aromatic nitrogens is 1. The molecule has 0 aliphatic carbocycles. The molecule has 0 saturated heterocycles. The fraction of sp³-hybridized carbons (Fsp3) is 0.0417. The smallest absolute Gasteiger partial charge is 0.0985 e. The third-order valence-electron chi connectivity index (χ3n) is 4.76. The molecule has 5 heteroatoms. The van der Waals surface area contributed by atoms with Crippen LogP contribution in [-0.2, 0) is 0 Å². The van der Waals surface area contributed by atoms with Crippen molar-refractivity contribution in [1.82, 2.24) is 4.98 Å². The van der Waals surface area contributed by atoms with Crippen LogP contribution in [0.1, 0.15) is 14.0 Å². The summed E-state index contributed by atoms with van der Waals surface area (Å²) in [5, 5.41) is 11.3. The van der Waals surface area contributed by atoms with E-state index < -0.39 is 0 Å². The topological polar surface area (TPSA) is 73.1 Å². The van der Waals surface area contributed by atoms with Gasteiger partial charge in [-0.05, 0) is 67.7 Å². The summed E-state index contributed by atoms with van der Waals surface area (Å²) in [6.07, 6.45) is 18.8. The van der Waals surface area contributed by atoms with Crippen LogP contribution in [0.3, 0.4) is 0 Å². The molecule has 140 valence electrons. The second kappa shape index (κ2) is 6.56. The lowest BCUT2D eigenvalue weighted by Crippen LogP contribution is -2.25. The molecule has 4 aliphatic rings. The van der Waals surface area contributed by atoms with E-state index in [1.54, 1.807) is 19.1 Å². The van der Waals surface area contributed by atoms with Crippen LogP contribution in [0.5, 0.6) is 0 Å². The molecule has 4 aliphatic heterocycles. The molecule has 29 heavy (non-hydrogen) atoms. The van der Waals surface area contributed by atoms with Crippen LogP contribution in [0.2, 0.25) is 0 Å². The zero-order valence-electron chi connectivity index (χ0n) is 16.8. The minimum atomic E-state index is 0.0695. The van der Waals surface area contributed by atoms with Gasteiger partial charge in [0.2, 0.25) is 0 Å². The predicted molar refractivity (Wildman–Crippen MR) is 119 cm³/mol. The average molecular weight is 379 g/mol. The van der Waals surface area contributed by atoms with Gasteiger partial charge >= 0.3 is 0 Å². The lowest BCUT2D eigenvalue weighted by Gasteiger charge is -1.96. The van der Waals surface area contributed by atoms with E-state index in [1.165, 1.54) is 0 Å². The van der Waals surface area contributed by atoms with Gasteiger partial charge in [0.25, 0.3) is 0 Å². The number of hydrogen-bond acceptors (Lipinski definition) is 4. The maximum absolute atomic E-state index is 10.2. The van der Waals surface area contributed by atoms with Gasteiger partial charge in [-0.1, -0.05) is 12.7 Å². The summed E-state index contributed by atoms with van der Waals surface area (Å²) >= 11 is 0. The number of H-pyrrole nitrogens is 1. The molecule has 0 aromatic carbocycles. The van der Waals surface area contributed by atoms with Gasteiger partial charge in [-0.3, -0.25) is 0 Å². The third-order valence-corrected chi connectivity index (χ3v) is 4.76. The monoisotopic (exact) mass is 379 g/mol. The van der Waals surface area contributed by atoms with E-state index in [-0.39, 0.29) is 11.8 Å². The van der Waals surface area contributed by atoms with Gasteiger partial charge < -0.3 is 10.1 Å². The van der Waals surface area contributed by atoms with Crippen LogP contribution in [-0.4, -0.2) is 27.2 Å². The fourth-order valence-electron chi connectivity index (χ4n) is 3.43. The van der Waals surface area contributed by atoms with Gasteiger partial charge in [0.15, 0.2) is 0 Å². The molecule has 1 aromatic rings. The minimum absolute atomic E-state index is 0.0695. The van der Waals surface area contributed by atoms with Crippen molar-refractivity contribution in [1.29, 1.82) is 0 Å². The molecular weight excluding hydrogens is 360 g/mol. The number of aliphatic imine (C=N–C) groups is 3. The number of nitrogens with zero attached hydrogens (tertiary/aromatic N) is 3. The Morgan fingerprint density at radius 3 is 2.41 bits per heavy atom. The van der Waals surface area contributed by atoms with E-state index in [0.29, 0.717) is 22.0 Å². The van der Waals surface area contributed by atoms with Crippen LogP contribution in [0.15, 0.2) is 98.9 Å². The van der Waals surface area contributed by atoms with Gasteiger partial charge in [-0.15, -0.1) is 0 Å². The van der Waals surface area contributed by atoms with Crippen LogP contribution >= 0.6 is 0 Å². The number of aliphatic hydroxyl groups is 1.